The lowest BCUT2D eigenvalue weighted by molar-refractivity contribution is -0.113. The molecule has 0 aliphatic carbocycles. The van der Waals surface area contributed by atoms with Crippen molar-refractivity contribution in [2.75, 3.05) is 11.1 Å². The first-order valence-corrected chi connectivity index (χ1v) is 10.1. The van der Waals surface area contributed by atoms with Crippen molar-refractivity contribution in [2.24, 2.45) is 7.05 Å². The van der Waals surface area contributed by atoms with E-state index in [4.69, 9.17) is 16.3 Å². The monoisotopic (exact) mass is 416 g/mol. The van der Waals surface area contributed by atoms with Crippen molar-refractivity contribution in [3.63, 3.8) is 0 Å². The molecule has 1 unspecified atom stereocenters. The number of hydrogen-bond acceptors (Lipinski definition) is 5. The Bertz CT molecular complexity index is 976. The molecule has 6 nitrogen and oxygen atoms in total. The van der Waals surface area contributed by atoms with Gasteiger partial charge in [-0.1, -0.05) is 41.6 Å². The van der Waals surface area contributed by atoms with Crippen LogP contribution in [0.2, 0.25) is 5.02 Å². The highest BCUT2D eigenvalue weighted by atomic mass is 35.5. The quantitative estimate of drug-likeness (QED) is 0.568. The van der Waals surface area contributed by atoms with E-state index in [2.05, 4.69) is 15.5 Å². The molecule has 0 spiro atoms. The lowest BCUT2D eigenvalue weighted by Gasteiger charge is -2.14. The maximum absolute atomic E-state index is 12.2. The average Bonchev–Trinajstić information content (AvgIpc) is 3.01. The van der Waals surface area contributed by atoms with E-state index in [9.17, 15) is 4.79 Å². The second kappa shape index (κ2) is 9.12. The summed E-state index contributed by atoms with van der Waals surface area (Å²) in [5.41, 5.74) is 1.79. The number of benzene rings is 2. The first kappa shape index (κ1) is 20.2. The molecule has 0 bridgehead atoms. The largest absolute Gasteiger partial charge is 0.483 e. The van der Waals surface area contributed by atoms with E-state index >= 15 is 0 Å². The molecule has 28 heavy (non-hydrogen) atoms. The standard InChI is InChI=1S/C20H21ClN4O2S/c1-13-6-4-9-17(10-13)27-14(2)19-23-24-20(25(19)3)28-12-18(26)22-16-8-5-7-15(21)11-16/h4-11,14H,12H2,1-3H3,(H,22,26). The van der Waals surface area contributed by atoms with E-state index in [0.29, 0.717) is 21.7 Å². The van der Waals surface area contributed by atoms with Crippen LogP contribution in [0.1, 0.15) is 24.4 Å². The topological polar surface area (TPSA) is 69.0 Å². The summed E-state index contributed by atoms with van der Waals surface area (Å²) in [6.45, 7) is 3.94. The van der Waals surface area contributed by atoms with Crippen LogP contribution < -0.4 is 10.1 Å². The second-order valence-electron chi connectivity index (χ2n) is 6.32. The molecular formula is C20H21ClN4O2S. The third kappa shape index (κ3) is 5.27. The number of anilines is 1. The molecule has 1 heterocycles. The van der Waals surface area contributed by atoms with Crippen molar-refractivity contribution in [3.8, 4) is 5.75 Å². The molecule has 1 amide bonds. The first-order valence-electron chi connectivity index (χ1n) is 8.73. The number of thioether (sulfide) groups is 1. The number of aryl methyl sites for hydroxylation is 1. The summed E-state index contributed by atoms with van der Waals surface area (Å²) in [6.07, 6.45) is -0.270. The third-order valence-corrected chi connectivity index (χ3v) is 5.23. The zero-order chi connectivity index (χ0) is 20.1. The van der Waals surface area contributed by atoms with Crippen LogP contribution in [0.4, 0.5) is 5.69 Å². The number of nitrogens with one attached hydrogen (secondary N) is 1. The fraction of sp³-hybridized carbons (Fsp3) is 0.250. The number of nitrogens with zero attached hydrogens (tertiary/aromatic N) is 3. The van der Waals surface area contributed by atoms with Crippen LogP contribution in [-0.4, -0.2) is 26.4 Å². The van der Waals surface area contributed by atoms with Crippen molar-refractivity contribution < 1.29 is 9.53 Å². The summed E-state index contributed by atoms with van der Waals surface area (Å²) in [6, 6.07) is 14.9. The van der Waals surface area contributed by atoms with Crippen molar-refractivity contribution in [3.05, 3.63) is 64.9 Å². The summed E-state index contributed by atoms with van der Waals surface area (Å²) in [4.78, 5) is 12.2. The number of amides is 1. The smallest absolute Gasteiger partial charge is 0.234 e. The molecule has 0 fully saturated rings. The van der Waals surface area contributed by atoms with Gasteiger partial charge in [-0.25, -0.2) is 0 Å². The molecule has 1 aromatic heterocycles. The molecule has 146 valence electrons. The van der Waals surface area contributed by atoms with Crippen molar-refractivity contribution in [2.45, 2.75) is 25.1 Å². The van der Waals surface area contributed by atoms with Crippen LogP contribution in [0.5, 0.6) is 5.75 Å². The molecule has 1 atom stereocenters. The summed E-state index contributed by atoms with van der Waals surface area (Å²) < 4.78 is 7.81. The van der Waals surface area contributed by atoms with Crippen molar-refractivity contribution in [1.29, 1.82) is 0 Å². The predicted molar refractivity (Wildman–Crippen MR) is 112 cm³/mol. The number of carbonyl (C=O) groups is 1. The molecule has 8 heteroatoms. The molecule has 0 aliphatic rings. The molecule has 0 saturated carbocycles. The number of rotatable bonds is 7. The Labute approximate surface area is 173 Å². The maximum Gasteiger partial charge on any atom is 0.234 e. The van der Waals surface area contributed by atoms with Gasteiger partial charge < -0.3 is 14.6 Å². The summed E-state index contributed by atoms with van der Waals surface area (Å²) >= 11 is 7.25. The van der Waals surface area contributed by atoms with Crippen LogP contribution in [0.15, 0.2) is 53.7 Å². The number of carbonyl (C=O) groups excluding carboxylic acids is 1. The van der Waals surface area contributed by atoms with Crippen LogP contribution in [0.3, 0.4) is 0 Å². The average molecular weight is 417 g/mol. The van der Waals surface area contributed by atoms with Gasteiger partial charge in [0.1, 0.15) is 5.75 Å². The Kier molecular flexibility index (Phi) is 6.59. The second-order valence-corrected chi connectivity index (χ2v) is 7.70. The number of halogens is 1. The molecule has 3 rings (SSSR count). The lowest BCUT2D eigenvalue weighted by atomic mass is 10.2. The van der Waals surface area contributed by atoms with Crippen molar-refractivity contribution in [1.82, 2.24) is 14.8 Å². The van der Waals surface area contributed by atoms with E-state index in [1.165, 1.54) is 11.8 Å². The Morgan fingerprint density at radius 2 is 2.04 bits per heavy atom. The SMILES string of the molecule is Cc1cccc(OC(C)c2nnc(SCC(=O)Nc3cccc(Cl)c3)n2C)c1. The minimum atomic E-state index is -0.270. The zero-order valence-corrected chi connectivity index (χ0v) is 17.4. The van der Waals surface area contributed by atoms with E-state index < -0.39 is 0 Å². The molecule has 0 saturated heterocycles. The third-order valence-electron chi connectivity index (χ3n) is 3.98. The highest BCUT2D eigenvalue weighted by molar-refractivity contribution is 7.99. The molecular weight excluding hydrogens is 396 g/mol. The fourth-order valence-corrected chi connectivity index (χ4v) is 3.55. The minimum absolute atomic E-state index is 0.138. The van der Waals surface area contributed by atoms with E-state index in [1.54, 1.807) is 24.3 Å². The van der Waals surface area contributed by atoms with Gasteiger partial charge in [0.05, 0.1) is 5.75 Å². The van der Waals surface area contributed by atoms with Gasteiger partial charge in [0.25, 0.3) is 0 Å². The predicted octanol–water partition coefficient (Wildman–Crippen LogP) is 4.65. The van der Waals surface area contributed by atoms with Gasteiger partial charge in [0.15, 0.2) is 17.1 Å². The van der Waals surface area contributed by atoms with Crippen LogP contribution in [0.25, 0.3) is 0 Å². The van der Waals surface area contributed by atoms with Crippen LogP contribution >= 0.6 is 23.4 Å². The number of ether oxygens (including phenoxy) is 1. The Balaban J connectivity index is 1.58. The number of aromatic nitrogens is 3. The summed E-state index contributed by atoms with van der Waals surface area (Å²) in [7, 11) is 1.86. The lowest BCUT2D eigenvalue weighted by Crippen LogP contribution is -2.14. The van der Waals surface area contributed by atoms with Gasteiger partial charge in [-0.2, -0.15) is 0 Å². The Hall–Kier alpha value is -2.51. The molecule has 2 aromatic carbocycles. The van der Waals surface area contributed by atoms with Crippen molar-refractivity contribution >= 4 is 35.0 Å². The Morgan fingerprint density at radius 3 is 2.79 bits per heavy atom. The van der Waals surface area contributed by atoms with Gasteiger partial charge in [0.2, 0.25) is 5.91 Å². The highest BCUT2D eigenvalue weighted by Crippen LogP contribution is 2.24. The molecule has 1 N–H and O–H groups in total. The van der Waals surface area contributed by atoms with E-state index in [1.807, 2.05) is 49.7 Å². The Morgan fingerprint density at radius 1 is 1.25 bits per heavy atom. The highest BCUT2D eigenvalue weighted by Gasteiger charge is 2.18. The fourth-order valence-electron chi connectivity index (χ4n) is 2.64. The van der Waals surface area contributed by atoms with Gasteiger partial charge >= 0.3 is 0 Å². The van der Waals surface area contributed by atoms with E-state index in [-0.39, 0.29) is 17.8 Å². The zero-order valence-electron chi connectivity index (χ0n) is 15.8. The first-order chi connectivity index (χ1) is 13.4. The van der Waals surface area contributed by atoms with Crippen LogP contribution in [-0.2, 0) is 11.8 Å². The van der Waals surface area contributed by atoms with Gasteiger partial charge in [-0.3, -0.25) is 4.79 Å². The van der Waals surface area contributed by atoms with Gasteiger partial charge in [-0.05, 0) is 49.7 Å². The number of hydrogen-bond donors (Lipinski definition) is 1. The van der Waals surface area contributed by atoms with E-state index in [0.717, 1.165) is 11.3 Å². The van der Waals surface area contributed by atoms with Gasteiger partial charge in [0, 0.05) is 17.8 Å². The molecule has 3 aromatic rings. The van der Waals surface area contributed by atoms with Crippen LogP contribution in [0, 0.1) is 6.92 Å². The minimum Gasteiger partial charge on any atom is -0.483 e. The molecule has 0 radical (unpaired) electrons. The summed E-state index contributed by atoms with van der Waals surface area (Å²) in [5.74, 6) is 1.55. The van der Waals surface area contributed by atoms with Gasteiger partial charge in [-0.15, -0.1) is 10.2 Å². The summed E-state index contributed by atoms with van der Waals surface area (Å²) in [5, 5.41) is 12.4. The normalized spacial score (nSPS) is 11.9. The maximum atomic E-state index is 12.2. The molecule has 0 aliphatic heterocycles.